The Morgan fingerprint density at radius 2 is 2.16 bits per heavy atom. The van der Waals surface area contributed by atoms with Gasteiger partial charge in [-0.3, -0.25) is 9.78 Å². The van der Waals surface area contributed by atoms with E-state index in [1.54, 1.807) is 36.7 Å². The van der Waals surface area contributed by atoms with Crippen molar-refractivity contribution in [2.45, 2.75) is 6.92 Å². The van der Waals surface area contributed by atoms with Crippen LogP contribution >= 0.6 is 11.3 Å². The fourth-order valence-electron chi connectivity index (χ4n) is 1.56. The average Bonchev–Trinajstić information content (AvgIpc) is 2.86. The van der Waals surface area contributed by atoms with Crippen molar-refractivity contribution in [2.75, 3.05) is 12.4 Å². The second-order valence-corrected chi connectivity index (χ2v) is 4.69. The molecule has 2 aromatic heterocycles. The molecule has 0 unspecified atom stereocenters. The van der Waals surface area contributed by atoms with Gasteiger partial charge >= 0.3 is 5.97 Å². The van der Waals surface area contributed by atoms with Crippen molar-refractivity contribution in [1.82, 2.24) is 4.98 Å². The van der Waals surface area contributed by atoms with Crippen LogP contribution in [0.2, 0.25) is 0 Å². The zero-order valence-electron chi connectivity index (χ0n) is 10.5. The Kier molecular flexibility index (Phi) is 3.91. The highest BCUT2D eigenvalue weighted by Crippen LogP contribution is 2.23. The quantitative estimate of drug-likeness (QED) is 0.874. The number of hydrogen-bond acceptors (Lipinski definition) is 5. The normalized spacial score (nSPS) is 10.0. The van der Waals surface area contributed by atoms with Crippen molar-refractivity contribution in [3.8, 4) is 0 Å². The lowest BCUT2D eigenvalue weighted by atomic mass is 10.2. The summed E-state index contributed by atoms with van der Waals surface area (Å²) in [4.78, 5) is 28.0. The third kappa shape index (κ3) is 2.79. The van der Waals surface area contributed by atoms with Gasteiger partial charge in [0.2, 0.25) is 0 Å². The summed E-state index contributed by atoms with van der Waals surface area (Å²) in [5.74, 6) is -0.815. The number of nitrogens with one attached hydrogen (secondary N) is 1. The molecule has 0 aliphatic carbocycles. The van der Waals surface area contributed by atoms with Crippen LogP contribution < -0.4 is 5.32 Å². The van der Waals surface area contributed by atoms with Gasteiger partial charge in [-0.1, -0.05) is 6.07 Å². The lowest BCUT2D eigenvalue weighted by molar-refractivity contribution is 0.0607. The lowest BCUT2D eigenvalue weighted by Gasteiger charge is -2.06. The van der Waals surface area contributed by atoms with Gasteiger partial charge in [0.1, 0.15) is 10.6 Å². The molecule has 0 saturated heterocycles. The summed E-state index contributed by atoms with van der Waals surface area (Å²) in [6.07, 6.45) is 1.55. The van der Waals surface area contributed by atoms with Crippen LogP contribution in [0.25, 0.3) is 0 Å². The molecule has 2 rings (SSSR count). The van der Waals surface area contributed by atoms with Crippen molar-refractivity contribution in [3.63, 3.8) is 0 Å². The second kappa shape index (κ2) is 5.62. The zero-order chi connectivity index (χ0) is 13.8. The van der Waals surface area contributed by atoms with Crippen LogP contribution in [0.4, 0.5) is 5.69 Å². The lowest BCUT2D eigenvalue weighted by Crippen LogP contribution is -2.16. The third-order valence-corrected chi connectivity index (χ3v) is 3.40. The third-order valence-electron chi connectivity index (χ3n) is 2.51. The molecule has 0 aliphatic heterocycles. The van der Waals surface area contributed by atoms with Gasteiger partial charge in [-0.2, -0.15) is 0 Å². The number of rotatable bonds is 3. The van der Waals surface area contributed by atoms with E-state index in [4.69, 9.17) is 0 Å². The molecule has 0 radical (unpaired) electrons. The summed E-state index contributed by atoms with van der Waals surface area (Å²) in [5, 5.41) is 4.39. The Labute approximate surface area is 114 Å². The Bertz CT molecular complexity index is 622. The number of aromatic nitrogens is 1. The van der Waals surface area contributed by atoms with E-state index in [-0.39, 0.29) is 5.91 Å². The van der Waals surface area contributed by atoms with Crippen LogP contribution in [0.5, 0.6) is 0 Å². The van der Waals surface area contributed by atoms with Gasteiger partial charge in [-0.05, 0) is 30.0 Å². The Morgan fingerprint density at radius 1 is 1.37 bits per heavy atom. The molecule has 0 saturated carbocycles. The molecule has 0 atom stereocenters. The molecule has 19 heavy (non-hydrogen) atoms. The maximum Gasteiger partial charge on any atom is 0.350 e. The van der Waals surface area contributed by atoms with E-state index >= 15 is 0 Å². The largest absolute Gasteiger partial charge is 0.465 e. The number of esters is 1. The Morgan fingerprint density at radius 3 is 2.84 bits per heavy atom. The molecule has 2 heterocycles. The summed E-state index contributed by atoms with van der Waals surface area (Å²) in [6.45, 7) is 1.80. The first-order chi connectivity index (χ1) is 9.13. The predicted octanol–water partition coefficient (Wildman–Crippen LogP) is 2.49. The maximum absolute atomic E-state index is 12.1. The molecule has 5 nitrogen and oxygen atoms in total. The number of carbonyl (C=O) groups is 2. The number of nitrogens with zero attached hydrogens (tertiary/aromatic N) is 1. The SMILES string of the molecule is COC(=O)c1sccc1NC(=O)c1ncccc1C. The summed E-state index contributed by atoms with van der Waals surface area (Å²) in [6, 6.07) is 5.22. The topological polar surface area (TPSA) is 68.3 Å². The number of methoxy groups -OCH3 is 1. The van der Waals surface area contributed by atoms with Crippen molar-refractivity contribution < 1.29 is 14.3 Å². The molecule has 0 aromatic carbocycles. The number of ether oxygens (including phenoxy) is 1. The average molecular weight is 276 g/mol. The number of anilines is 1. The van der Waals surface area contributed by atoms with Crippen LogP contribution in [-0.2, 0) is 4.74 Å². The number of amides is 1. The fourth-order valence-corrected chi connectivity index (χ4v) is 2.33. The van der Waals surface area contributed by atoms with Crippen molar-refractivity contribution in [3.05, 3.63) is 45.9 Å². The number of aryl methyl sites for hydroxylation is 1. The molecule has 0 aliphatic rings. The molecule has 2 aromatic rings. The van der Waals surface area contributed by atoms with Gasteiger partial charge in [0, 0.05) is 6.20 Å². The van der Waals surface area contributed by atoms with E-state index in [2.05, 4.69) is 15.0 Å². The number of thiophene rings is 1. The molecule has 98 valence electrons. The first-order valence-corrected chi connectivity index (χ1v) is 6.40. The number of carbonyl (C=O) groups excluding carboxylic acids is 2. The Balaban J connectivity index is 2.23. The summed E-state index contributed by atoms with van der Waals surface area (Å²) in [7, 11) is 1.30. The van der Waals surface area contributed by atoms with Gasteiger partial charge in [0.15, 0.2) is 0 Å². The predicted molar refractivity (Wildman–Crippen MR) is 72.6 cm³/mol. The first kappa shape index (κ1) is 13.2. The van der Waals surface area contributed by atoms with Crippen molar-refractivity contribution in [1.29, 1.82) is 0 Å². The van der Waals surface area contributed by atoms with E-state index < -0.39 is 5.97 Å². The highest BCUT2D eigenvalue weighted by Gasteiger charge is 2.17. The minimum absolute atomic E-state index is 0.338. The van der Waals surface area contributed by atoms with E-state index in [9.17, 15) is 9.59 Å². The highest BCUT2D eigenvalue weighted by molar-refractivity contribution is 7.12. The van der Waals surface area contributed by atoms with Gasteiger partial charge in [0.25, 0.3) is 5.91 Å². The number of pyridine rings is 1. The molecule has 0 spiro atoms. The van der Waals surface area contributed by atoms with Crippen LogP contribution in [0, 0.1) is 6.92 Å². The van der Waals surface area contributed by atoms with Crippen LogP contribution in [0.15, 0.2) is 29.8 Å². The first-order valence-electron chi connectivity index (χ1n) is 5.52. The molecule has 0 fully saturated rings. The maximum atomic E-state index is 12.1. The van der Waals surface area contributed by atoms with Crippen LogP contribution in [-0.4, -0.2) is 24.0 Å². The summed E-state index contributed by atoms with van der Waals surface area (Å²) < 4.78 is 4.65. The summed E-state index contributed by atoms with van der Waals surface area (Å²) in [5.41, 5.74) is 1.55. The van der Waals surface area contributed by atoms with Gasteiger partial charge in [0.05, 0.1) is 12.8 Å². The smallest absolute Gasteiger partial charge is 0.350 e. The fraction of sp³-hybridized carbons (Fsp3) is 0.154. The molecular formula is C13H12N2O3S. The molecule has 1 amide bonds. The molecule has 0 bridgehead atoms. The molecular weight excluding hydrogens is 264 g/mol. The standard InChI is InChI=1S/C13H12N2O3S/c1-8-4-3-6-14-10(8)12(16)15-9-5-7-19-11(9)13(17)18-2/h3-7H,1-2H3,(H,15,16). The van der Waals surface area contributed by atoms with Crippen molar-refractivity contribution in [2.24, 2.45) is 0 Å². The van der Waals surface area contributed by atoms with Gasteiger partial charge < -0.3 is 10.1 Å². The summed E-state index contributed by atoms with van der Waals surface area (Å²) >= 11 is 1.21. The van der Waals surface area contributed by atoms with Crippen molar-refractivity contribution >= 4 is 28.9 Å². The Hall–Kier alpha value is -2.21. The van der Waals surface area contributed by atoms with Gasteiger partial charge in [-0.15, -0.1) is 11.3 Å². The van der Waals surface area contributed by atoms with E-state index in [1.165, 1.54) is 18.4 Å². The second-order valence-electron chi connectivity index (χ2n) is 3.78. The number of hydrogen-bond donors (Lipinski definition) is 1. The van der Waals surface area contributed by atoms with E-state index in [1.807, 2.05) is 0 Å². The molecule has 6 heteroatoms. The monoisotopic (exact) mass is 276 g/mol. The van der Waals surface area contributed by atoms with E-state index in [0.29, 0.717) is 16.3 Å². The minimum Gasteiger partial charge on any atom is -0.465 e. The minimum atomic E-state index is -0.469. The van der Waals surface area contributed by atoms with E-state index in [0.717, 1.165) is 5.56 Å². The van der Waals surface area contributed by atoms with Crippen LogP contribution in [0.1, 0.15) is 25.7 Å². The zero-order valence-corrected chi connectivity index (χ0v) is 11.3. The molecule has 1 N–H and O–H groups in total. The van der Waals surface area contributed by atoms with Crippen LogP contribution in [0.3, 0.4) is 0 Å². The highest BCUT2D eigenvalue weighted by atomic mass is 32.1. The van der Waals surface area contributed by atoms with Gasteiger partial charge in [-0.25, -0.2) is 4.79 Å².